The van der Waals surface area contributed by atoms with Crippen molar-refractivity contribution in [3.8, 4) is 0 Å². The topological polar surface area (TPSA) is 54.6 Å². The number of thiazole rings is 1. The third-order valence-corrected chi connectivity index (χ3v) is 5.11. The summed E-state index contributed by atoms with van der Waals surface area (Å²) in [6, 6.07) is 9.34. The van der Waals surface area contributed by atoms with Crippen LogP contribution in [0.4, 0.5) is 0 Å². The quantitative estimate of drug-likeness (QED) is 0.752. The Morgan fingerprint density at radius 2 is 2.10 bits per heavy atom. The van der Waals surface area contributed by atoms with Crippen LogP contribution in [0.5, 0.6) is 0 Å². The third kappa shape index (κ3) is 3.02. The second kappa shape index (κ2) is 6.01. The van der Waals surface area contributed by atoms with E-state index in [4.69, 9.17) is 5.11 Å². The SMILES string of the molecule is Cc1csc2nc(CSc3ccc(CO)cc3)cc(=O)n12. The van der Waals surface area contributed by atoms with E-state index in [-0.39, 0.29) is 12.2 Å². The zero-order valence-corrected chi connectivity index (χ0v) is 13.1. The Morgan fingerprint density at radius 1 is 1.33 bits per heavy atom. The van der Waals surface area contributed by atoms with Gasteiger partial charge in [-0.15, -0.1) is 23.1 Å². The molecule has 1 aromatic carbocycles. The van der Waals surface area contributed by atoms with Crippen LogP contribution in [0.3, 0.4) is 0 Å². The van der Waals surface area contributed by atoms with Gasteiger partial charge in [0, 0.05) is 27.8 Å². The van der Waals surface area contributed by atoms with Crippen molar-refractivity contribution >= 4 is 28.1 Å². The first kappa shape index (κ1) is 14.3. The lowest BCUT2D eigenvalue weighted by Gasteiger charge is -2.03. The molecular weight excluding hydrogens is 304 g/mol. The van der Waals surface area contributed by atoms with E-state index in [0.717, 1.165) is 26.8 Å². The molecule has 0 spiro atoms. The number of rotatable bonds is 4. The van der Waals surface area contributed by atoms with E-state index in [1.807, 2.05) is 36.6 Å². The van der Waals surface area contributed by atoms with E-state index in [0.29, 0.717) is 5.75 Å². The molecule has 1 N–H and O–H groups in total. The van der Waals surface area contributed by atoms with Crippen molar-refractivity contribution < 1.29 is 5.11 Å². The molecule has 3 rings (SSSR count). The van der Waals surface area contributed by atoms with Crippen molar-refractivity contribution in [3.63, 3.8) is 0 Å². The van der Waals surface area contributed by atoms with E-state index >= 15 is 0 Å². The molecule has 0 aliphatic rings. The molecule has 0 amide bonds. The van der Waals surface area contributed by atoms with Crippen LogP contribution < -0.4 is 5.56 Å². The smallest absolute Gasteiger partial charge is 0.258 e. The Bertz CT molecular complexity index is 822. The molecule has 2 aromatic heterocycles. The van der Waals surface area contributed by atoms with Gasteiger partial charge in [0.05, 0.1) is 12.3 Å². The van der Waals surface area contributed by atoms with Gasteiger partial charge in [0.2, 0.25) is 0 Å². The zero-order chi connectivity index (χ0) is 14.8. The van der Waals surface area contributed by atoms with E-state index in [9.17, 15) is 4.79 Å². The average molecular weight is 318 g/mol. The van der Waals surface area contributed by atoms with Crippen molar-refractivity contribution in [2.24, 2.45) is 0 Å². The van der Waals surface area contributed by atoms with Crippen LogP contribution in [0, 0.1) is 6.92 Å². The number of benzene rings is 1. The Morgan fingerprint density at radius 3 is 2.81 bits per heavy atom. The molecule has 6 heteroatoms. The molecule has 108 valence electrons. The van der Waals surface area contributed by atoms with Crippen molar-refractivity contribution in [3.05, 3.63) is 63.0 Å². The highest BCUT2D eigenvalue weighted by atomic mass is 32.2. The predicted octanol–water partition coefficient (Wildman–Crippen LogP) is 2.85. The largest absolute Gasteiger partial charge is 0.392 e. The fraction of sp³-hybridized carbons (Fsp3) is 0.200. The summed E-state index contributed by atoms with van der Waals surface area (Å²) in [5, 5.41) is 11.0. The predicted molar refractivity (Wildman–Crippen MR) is 86.0 cm³/mol. The molecule has 0 unspecified atom stereocenters. The fourth-order valence-electron chi connectivity index (χ4n) is 2.02. The van der Waals surface area contributed by atoms with E-state index in [1.165, 1.54) is 11.3 Å². The van der Waals surface area contributed by atoms with Gasteiger partial charge in [-0.05, 0) is 24.6 Å². The van der Waals surface area contributed by atoms with Crippen LogP contribution >= 0.6 is 23.1 Å². The van der Waals surface area contributed by atoms with Gasteiger partial charge in [0.1, 0.15) is 0 Å². The monoisotopic (exact) mass is 318 g/mol. The zero-order valence-electron chi connectivity index (χ0n) is 11.4. The van der Waals surface area contributed by atoms with Gasteiger partial charge in [-0.1, -0.05) is 12.1 Å². The van der Waals surface area contributed by atoms with Gasteiger partial charge < -0.3 is 5.11 Å². The fourth-order valence-corrected chi connectivity index (χ4v) is 3.70. The minimum Gasteiger partial charge on any atom is -0.392 e. The Labute approximate surface area is 130 Å². The molecule has 3 aromatic rings. The number of aryl methyl sites for hydroxylation is 1. The van der Waals surface area contributed by atoms with E-state index < -0.39 is 0 Å². The molecule has 0 saturated carbocycles. The van der Waals surface area contributed by atoms with Gasteiger partial charge in [-0.3, -0.25) is 9.20 Å². The molecule has 0 atom stereocenters. The van der Waals surface area contributed by atoms with Crippen molar-refractivity contribution in [1.29, 1.82) is 0 Å². The number of hydrogen-bond acceptors (Lipinski definition) is 5. The van der Waals surface area contributed by atoms with Gasteiger partial charge in [-0.25, -0.2) is 4.98 Å². The van der Waals surface area contributed by atoms with Gasteiger partial charge in [-0.2, -0.15) is 0 Å². The number of aliphatic hydroxyl groups is 1. The normalized spacial score (nSPS) is 11.1. The molecule has 0 aliphatic heterocycles. The van der Waals surface area contributed by atoms with Crippen LogP contribution in [0.1, 0.15) is 17.0 Å². The number of nitrogens with zero attached hydrogens (tertiary/aromatic N) is 2. The molecule has 0 aliphatic carbocycles. The van der Waals surface area contributed by atoms with Crippen LogP contribution in [-0.2, 0) is 12.4 Å². The minimum absolute atomic E-state index is 0.0232. The lowest BCUT2D eigenvalue weighted by atomic mass is 10.2. The number of aliphatic hydroxyl groups excluding tert-OH is 1. The first-order chi connectivity index (χ1) is 10.2. The number of thioether (sulfide) groups is 1. The average Bonchev–Trinajstić information content (AvgIpc) is 2.87. The van der Waals surface area contributed by atoms with Crippen LogP contribution in [-0.4, -0.2) is 14.5 Å². The molecule has 0 fully saturated rings. The maximum atomic E-state index is 12.1. The Kier molecular flexibility index (Phi) is 4.10. The molecule has 2 heterocycles. The summed E-state index contributed by atoms with van der Waals surface area (Å²) in [6.45, 7) is 1.96. The minimum atomic E-state index is -0.0232. The maximum Gasteiger partial charge on any atom is 0.258 e. The maximum absolute atomic E-state index is 12.1. The van der Waals surface area contributed by atoms with Gasteiger partial charge in [0.25, 0.3) is 5.56 Å². The molecular formula is C15H14N2O2S2. The highest BCUT2D eigenvalue weighted by molar-refractivity contribution is 7.98. The number of aromatic nitrogens is 2. The van der Waals surface area contributed by atoms with E-state index in [1.54, 1.807) is 22.2 Å². The third-order valence-electron chi connectivity index (χ3n) is 3.12. The molecule has 21 heavy (non-hydrogen) atoms. The van der Waals surface area contributed by atoms with Crippen LogP contribution in [0.2, 0.25) is 0 Å². The van der Waals surface area contributed by atoms with Crippen LogP contribution in [0.25, 0.3) is 4.96 Å². The highest BCUT2D eigenvalue weighted by Crippen LogP contribution is 2.22. The summed E-state index contributed by atoms with van der Waals surface area (Å²) in [4.78, 5) is 18.4. The molecule has 0 saturated heterocycles. The first-order valence-electron chi connectivity index (χ1n) is 6.47. The molecule has 0 bridgehead atoms. The number of fused-ring (bicyclic) bond motifs is 1. The summed E-state index contributed by atoms with van der Waals surface area (Å²) in [5.74, 6) is 0.654. The van der Waals surface area contributed by atoms with Crippen molar-refractivity contribution in [2.45, 2.75) is 24.2 Å². The summed E-state index contributed by atoms with van der Waals surface area (Å²) < 4.78 is 1.63. The second-order valence-corrected chi connectivity index (χ2v) is 6.56. The van der Waals surface area contributed by atoms with E-state index in [2.05, 4.69) is 4.98 Å². The molecule has 4 nitrogen and oxygen atoms in total. The summed E-state index contributed by atoms with van der Waals surface area (Å²) >= 11 is 3.11. The van der Waals surface area contributed by atoms with Crippen LogP contribution in [0.15, 0.2) is 45.4 Å². The number of hydrogen-bond donors (Lipinski definition) is 1. The lowest BCUT2D eigenvalue weighted by molar-refractivity contribution is 0.282. The lowest BCUT2D eigenvalue weighted by Crippen LogP contribution is -2.14. The van der Waals surface area contributed by atoms with Crippen molar-refractivity contribution in [1.82, 2.24) is 9.38 Å². The molecule has 0 radical (unpaired) electrons. The second-order valence-electron chi connectivity index (χ2n) is 4.67. The Hall–Kier alpha value is -1.63. The standard InChI is InChI=1S/C15H14N2O2S2/c1-10-8-21-15-16-12(6-14(19)17(10)15)9-20-13-4-2-11(7-18)3-5-13/h2-6,8,18H,7,9H2,1H3. The van der Waals surface area contributed by atoms with Gasteiger partial charge in [0.15, 0.2) is 4.96 Å². The van der Waals surface area contributed by atoms with Crippen molar-refractivity contribution in [2.75, 3.05) is 0 Å². The summed E-state index contributed by atoms with van der Waals surface area (Å²) in [5.41, 5.74) is 2.58. The first-order valence-corrected chi connectivity index (χ1v) is 8.33. The summed E-state index contributed by atoms with van der Waals surface area (Å²) in [6.07, 6.45) is 0. The summed E-state index contributed by atoms with van der Waals surface area (Å²) in [7, 11) is 0. The highest BCUT2D eigenvalue weighted by Gasteiger charge is 2.06. The van der Waals surface area contributed by atoms with Gasteiger partial charge >= 0.3 is 0 Å². The Balaban J connectivity index is 1.80.